The molecule has 0 aliphatic heterocycles. The van der Waals surface area contributed by atoms with Crippen LogP contribution in [0.3, 0.4) is 0 Å². The minimum Gasteiger partial charge on any atom is -0.449 e. The number of halogens is 1. The molecule has 1 atom stereocenters. The van der Waals surface area contributed by atoms with Gasteiger partial charge in [-0.1, -0.05) is 48.0 Å². The van der Waals surface area contributed by atoms with Gasteiger partial charge in [0.1, 0.15) is 5.15 Å². The summed E-state index contributed by atoms with van der Waals surface area (Å²) in [4.78, 5) is 29.2. The number of pyridine rings is 1. The zero-order valence-electron chi connectivity index (χ0n) is 15.6. The third-order valence-corrected chi connectivity index (χ3v) is 4.80. The van der Waals surface area contributed by atoms with E-state index in [2.05, 4.69) is 10.3 Å². The van der Waals surface area contributed by atoms with Gasteiger partial charge in [-0.05, 0) is 48.7 Å². The van der Waals surface area contributed by atoms with E-state index in [9.17, 15) is 9.59 Å². The largest absolute Gasteiger partial charge is 0.449 e. The maximum atomic E-state index is 12.6. The van der Waals surface area contributed by atoms with E-state index in [1.54, 1.807) is 37.3 Å². The molecule has 0 bridgehead atoms. The number of esters is 1. The average Bonchev–Trinajstić information content (AvgIpc) is 2.73. The van der Waals surface area contributed by atoms with Crippen LogP contribution in [0.15, 0.2) is 72.8 Å². The number of amides is 1. The van der Waals surface area contributed by atoms with E-state index in [1.165, 1.54) is 0 Å². The van der Waals surface area contributed by atoms with Gasteiger partial charge in [0.25, 0.3) is 5.91 Å². The topological polar surface area (TPSA) is 68.3 Å². The van der Waals surface area contributed by atoms with E-state index in [0.29, 0.717) is 21.9 Å². The highest BCUT2D eigenvalue weighted by Crippen LogP contribution is 2.23. The highest BCUT2D eigenvalue weighted by Gasteiger charge is 2.20. The molecule has 0 saturated heterocycles. The van der Waals surface area contributed by atoms with Crippen molar-refractivity contribution in [3.05, 3.63) is 83.5 Å². The van der Waals surface area contributed by atoms with Crippen LogP contribution >= 0.6 is 11.6 Å². The molecule has 1 aromatic heterocycles. The van der Waals surface area contributed by atoms with Gasteiger partial charge in [-0.2, -0.15) is 0 Å². The summed E-state index contributed by atoms with van der Waals surface area (Å²) in [6.45, 7) is 1.54. The summed E-state index contributed by atoms with van der Waals surface area (Å²) in [7, 11) is 0. The lowest BCUT2D eigenvalue weighted by molar-refractivity contribution is -0.123. The molecule has 1 heterocycles. The highest BCUT2D eigenvalue weighted by molar-refractivity contribution is 6.29. The smallest absolute Gasteiger partial charge is 0.338 e. The number of ether oxygens (including phenoxy) is 1. The standard InChI is InChI=1S/C23H17ClN2O3/c1-14(22(27)26-20-8-4-6-15-5-2-3-7-18(15)20)29-23(28)17-9-11-19-16(13-17)10-12-21(24)25-19/h2-14H,1H3,(H,26,27). The highest BCUT2D eigenvalue weighted by atomic mass is 35.5. The molecule has 4 rings (SSSR count). The Bertz CT molecular complexity index is 1230. The lowest BCUT2D eigenvalue weighted by Gasteiger charge is -2.15. The van der Waals surface area contributed by atoms with Crippen molar-refractivity contribution in [1.29, 1.82) is 0 Å². The van der Waals surface area contributed by atoms with Gasteiger partial charge in [-0.3, -0.25) is 4.79 Å². The number of anilines is 1. The Morgan fingerprint density at radius 1 is 0.966 bits per heavy atom. The van der Waals surface area contributed by atoms with Crippen molar-refractivity contribution in [3.63, 3.8) is 0 Å². The molecule has 0 fully saturated rings. The Balaban J connectivity index is 1.48. The first-order chi connectivity index (χ1) is 14.0. The van der Waals surface area contributed by atoms with Crippen molar-refractivity contribution in [2.75, 3.05) is 5.32 Å². The minimum atomic E-state index is -0.958. The summed E-state index contributed by atoms with van der Waals surface area (Å²) in [6.07, 6.45) is -0.958. The van der Waals surface area contributed by atoms with E-state index in [-0.39, 0.29) is 0 Å². The van der Waals surface area contributed by atoms with Crippen molar-refractivity contribution in [1.82, 2.24) is 4.98 Å². The Labute approximate surface area is 172 Å². The van der Waals surface area contributed by atoms with Crippen LogP contribution < -0.4 is 5.32 Å². The molecule has 0 aliphatic carbocycles. The summed E-state index contributed by atoms with van der Waals surface area (Å²) >= 11 is 5.88. The second kappa shape index (κ2) is 7.89. The predicted molar refractivity (Wildman–Crippen MR) is 114 cm³/mol. The normalized spacial score (nSPS) is 11.9. The van der Waals surface area contributed by atoms with Gasteiger partial charge < -0.3 is 10.1 Å². The molecule has 0 radical (unpaired) electrons. The Morgan fingerprint density at radius 2 is 1.76 bits per heavy atom. The quantitative estimate of drug-likeness (QED) is 0.373. The predicted octanol–water partition coefficient (Wildman–Crippen LogP) is 5.23. The molecule has 5 nitrogen and oxygen atoms in total. The van der Waals surface area contributed by atoms with E-state index < -0.39 is 18.0 Å². The molecule has 6 heteroatoms. The van der Waals surface area contributed by atoms with Crippen LogP contribution in [-0.2, 0) is 9.53 Å². The van der Waals surface area contributed by atoms with E-state index in [4.69, 9.17) is 16.3 Å². The fourth-order valence-corrected chi connectivity index (χ4v) is 3.23. The third-order valence-electron chi connectivity index (χ3n) is 4.59. The molecule has 1 amide bonds. The number of hydrogen-bond donors (Lipinski definition) is 1. The van der Waals surface area contributed by atoms with Gasteiger partial charge in [-0.15, -0.1) is 0 Å². The third kappa shape index (κ3) is 4.05. The van der Waals surface area contributed by atoms with Crippen LogP contribution in [-0.4, -0.2) is 23.0 Å². The molecule has 29 heavy (non-hydrogen) atoms. The van der Waals surface area contributed by atoms with Crippen molar-refractivity contribution in [2.45, 2.75) is 13.0 Å². The Morgan fingerprint density at radius 3 is 2.62 bits per heavy atom. The number of nitrogens with one attached hydrogen (secondary N) is 1. The SMILES string of the molecule is CC(OC(=O)c1ccc2nc(Cl)ccc2c1)C(=O)Nc1cccc2ccccc12. The number of carbonyl (C=O) groups excluding carboxylic acids is 2. The van der Waals surface area contributed by atoms with Crippen LogP contribution in [0.5, 0.6) is 0 Å². The van der Waals surface area contributed by atoms with E-state index in [1.807, 2.05) is 42.5 Å². The molecule has 1 unspecified atom stereocenters. The van der Waals surface area contributed by atoms with Gasteiger partial charge in [0.05, 0.1) is 11.1 Å². The molecule has 1 N–H and O–H groups in total. The monoisotopic (exact) mass is 404 g/mol. The number of fused-ring (bicyclic) bond motifs is 2. The van der Waals surface area contributed by atoms with Crippen molar-refractivity contribution in [3.8, 4) is 0 Å². The van der Waals surface area contributed by atoms with Crippen molar-refractivity contribution in [2.24, 2.45) is 0 Å². The van der Waals surface area contributed by atoms with Crippen LogP contribution in [0.2, 0.25) is 5.15 Å². The number of aromatic nitrogens is 1. The Kier molecular flexibility index (Phi) is 5.14. The summed E-state index contributed by atoms with van der Waals surface area (Å²) in [5.41, 5.74) is 1.69. The van der Waals surface area contributed by atoms with E-state index in [0.717, 1.165) is 16.2 Å². The van der Waals surface area contributed by atoms with Crippen molar-refractivity contribution < 1.29 is 14.3 Å². The van der Waals surface area contributed by atoms with Gasteiger partial charge >= 0.3 is 5.97 Å². The second-order valence-corrected chi connectivity index (χ2v) is 6.99. The van der Waals surface area contributed by atoms with E-state index >= 15 is 0 Å². The first-order valence-corrected chi connectivity index (χ1v) is 9.45. The number of rotatable bonds is 4. The molecular weight excluding hydrogens is 388 g/mol. The first kappa shape index (κ1) is 18.9. The molecule has 3 aromatic carbocycles. The maximum absolute atomic E-state index is 12.6. The van der Waals surface area contributed by atoms with Crippen LogP contribution in [0, 0.1) is 0 Å². The summed E-state index contributed by atoms with van der Waals surface area (Å²) < 4.78 is 5.36. The van der Waals surface area contributed by atoms with Crippen LogP contribution in [0.25, 0.3) is 21.7 Å². The van der Waals surface area contributed by atoms with Crippen LogP contribution in [0.4, 0.5) is 5.69 Å². The zero-order chi connectivity index (χ0) is 20.4. The average molecular weight is 405 g/mol. The lowest BCUT2D eigenvalue weighted by Crippen LogP contribution is -2.30. The van der Waals surface area contributed by atoms with Gasteiger partial charge in [0.15, 0.2) is 6.10 Å². The number of hydrogen-bond acceptors (Lipinski definition) is 4. The fourth-order valence-electron chi connectivity index (χ4n) is 3.08. The number of carbonyl (C=O) groups is 2. The first-order valence-electron chi connectivity index (χ1n) is 9.07. The maximum Gasteiger partial charge on any atom is 0.338 e. The van der Waals surface area contributed by atoms with Gasteiger partial charge in [-0.25, -0.2) is 9.78 Å². The summed E-state index contributed by atoms with van der Waals surface area (Å²) in [5, 5.41) is 5.91. The minimum absolute atomic E-state index is 0.339. The Hall–Kier alpha value is -3.44. The number of benzene rings is 3. The summed E-state index contributed by atoms with van der Waals surface area (Å²) in [5.74, 6) is -0.980. The van der Waals surface area contributed by atoms with Gasteiger partial charge in [0, 0.05) is 16.5 Å². The fraction of sp³-hybridized carbons (Fsp3) is 0.0870. The number of nitrogens with zero attached hydrogens (tertiary/aromatic N) is 1. The second-order valence-electron chi connectivity index (χ2n) is 6.60. The molecule has 0 aliphatic rings. The molecule has 0 saturated carbocycles. The lowest BCUT2D eigenvalue weighted by atomic mass is 10.1. The molecular formula is C23H17ClN2O3. The van der Waals surface area contributed by atoms with Crippen LogP contribution in [0.1, 0.15) is 17.3 Å². The zero-order valence-corrected chi connectivity index (χ0v) is 16.3. The molecule has 144 valence electrons. The molecule has 4 aromatic rings. The van der Waals surface area contributed by atoms with Gasteiger partial charge in [0.2, 0.25) is 0 Å². The van der Waals surface area contributed by atoms with Crippen molar-refractivity contribution >= 4 is 50.8 Å². The molecule has 0 spiro atoms. The summed E-state index contributed by atoms with van der Waals surface area (Å²) in [6, 6.07) is 21.8.